The van der Waals surface area contributed by atoms with Crippen molar-refractivity contribution in [2.24, 2.45) is 11.8 Å². The van der Waals surface area contributed by atoms with Gasteiger partial charge >= 0.3 is 11.9 Å². The van der Waals surface area contributed by atoms with Gasteiger partial charge in [0, 0.05) is 19.3 Å². The molecular formula is C20H30O6. The number of ether oxygens (including phenoxy) is 2. The highest BCUT2D eigenvalue weighted by Crippen LogP contribution is 2.47. The van der Waals surface area contributed by atoms with Crippen LogP contribution in [0.15, 0.2) is 23.3 Å². The van der Waals surface area contributed by atoms with Crippen LogP contribution in [-0.4, -0.2) is 46.6 Å². The highest BCUT2D eigenvalue weighted by Gasteiger charge is 2.56. The number of rotatable bonds is 9. The van der Waals surface area contributed by atoms with E-state index in [1.807, 2.05) is 39.8 Å². The summed E-state index contributed by atoms with van der Waals surface area (Å²) in [7, 11) is 0. The summed E-state index contributed by atoms with van der Waals surface area (Å²) in [6.45, 7) is 8.11. The summed E-state index contributed by atoms with van der Waals surface area (Å²) in [5.41, 5.74) is -0.271. The Morgan fingerprint density at radius 2 is 1.92 bits per heavy atom. The molecule has 2 N–H and O–H groups in total. The lowest BCUT2D eigenvalue weighted by Gasteiger charge is -2.38. The Bertz CT molecular complexity index is 614. The number of carbonyl (C=O) groups excluding carboxylic acids is 1. The highest BCUT2D eigenvalue weighted by atomic mass is 16.6. The van der Waals surface area contributed by atoms with Crippen LogP contribution in [0.2, 0.25) is 0 Å². The Morgan fingerprint density at radius 1 is 1.27 bits per heavy atom. The molecule has 1 aliphatic heterocycles. The van der Waals surface area contributed by atoms with E-state index in [0.29, 0.717) is 31.4 Å². The largest absolute Gasteiger partial charge is 0.481 e. The smallest absolute Gasteiger partial charge is 0.306 e. The molecule has 0 aromatic heterocycles. The van der Waals surface area contributed by atoms with Crippen molar-refractivity contribution in [3.05, 3.63) is 23.3 Å². The van der Waals surface area contributed by atoms with Crippen molar-refractivity contribution in [3.8, 4) is 0 Å². The Balaban J connectivity index is 2.13. The number of epoxide rings is 1. The Labute approximate surface area is 154 Å². The van der Waals surface area contributed by atoms with Crippen molar-refractivity contribution >= 4 is 11.9 Å². The Kier molecular flexibility index (Phi) is 6.29. The van der Waals surface area contributed by atoms with Gasteiger partial charge in [-0.1, -0.05) is 38.5 Å². The van der Waals surface area contributed by atoms with E-state index < -0.39 is 17.2 Å². The second kappa shape index (κ2) is 7.92. The molecule has 0 radical (unpaired) electrons. The van der Waals surface area contributed by atoms with Gasteiger partial charge < -0.3 is 19.7 Å². The van der Waals surface area contributed by atoms with Crippen molar-refractivity contribution in [1.82, 2.24) is 0 Å². The first kappa shape index (κ1) is 20.6. The lowest BCUT2D eigenvalue weighted by molar-refractivity contribution is -0.146. The molecule has 1 saturated heterocycles. The van der Waals surface area contributed by atoms with Crippen LogP contribution in [0.25, 0.3) is 0 Å². The van der Waals surface area contributed by atoms with E-state index in [1.165, 1.54) is 0 Å². The lowest BCUT2D eigenvalue weighted by atomic mass is 9.72. The maximum Gasteiger partial charge on any atom is 0.306 e. The molecule has 0 aromatic carbocycles. The van der Waals surface area contributed by atoms with Crippen LogP contribution in [0.3, 0.4) is 0 Å². The van der Waals surface area contributed by atoms with Crippen LogP contribution in [0.1, 0.15) is 53.4 Å². The fourth-order valence-corrected chi connectivity index (χ4v) is 3.69. The van der Waals surface area contributed by atoms with E-state index in [1.54, 1.807) is 0 Å². The molecule has 146 valence electrons. The molecule has 6 nitrogen and oxygen atoms in total. The van der Waals surface area contributed by atoms with E-state index in [9.17, 15) is 14.7 Å². The molecular weight excluding hydrogens is 336 g/mol. The molecule has 1 fully saturated rings. The summed E-state index contributed by atoms with van der Waals surface area (Å²) in [6, 6.07) is 0. The van der Waals surface area contributed by atoms with Crippen LogP contribution in [-0.2, 0) is 19.1 Å². The summed E-state index contributed by atoms with van der Waals surface area (Å²) in [4.78, 5) is 22.9. The zero-order valence-electron chi connectivity index (χ0n) is 16.1. The van der Waals surface area contributed by atoms with Crippen molar-refractivity contribution in [2.45, 2.75) is 64.6 Å². The standard InChI is InChI=1S/C20H30O6/c1-13(2)7-18(23)25-11-20(12-26-20)16-6-5-14(3)9-19(16,24)10-15(4)8-17(21)22/h5-6,13,15,24H,7-12H2,1-4H3,(H,21,22). The molecule has 0 saturated carbocycles. The van der Waals surface area contributed by atoms with Gasteiger partial charge in [0.1, 0.15) is 12.2 Å². The number of esters is 1. The molecule has 2 aliphatic rings. The van der Waals surface area contributed by atoms with Crippen LogP contribution in [0.5, 0.6) is 0 Å². The summed E-state index contributed by atoms with van der Waals surface area (Å²) in [6.07, 6.45) is 4.86. The third kappa shape index (κ3) is 5.17. The fourth-order valence-electron chi connectivity index (χ4n) is 3.69. The summed E-state index contributed by atoms with van der Waals surface area (Å²) >= 11 is 0. The summed E-state index contributed by atoms with van der Waals surface area (Å²) in [5.74, 6) is -1.13. The van der Waals surface area contributed by atoms with Crippen molar-refractivity contribution in [2.75, 3.05) is 13.2 Å². The lowest BCUT2D eigenvalue weighted by Crippen LogP contribution is -2.43. The quantitative estimate of drug-likeness (QED) is 0.481. The monoisotopic (exact) mass is 366 g/mol. The third-order valence-corrected chi connectivity index (χ3v) is 4.84. The predicted octanol–water partition coefficient (Wildman–Crippen LogP) is 2.85. The topological polar surface area (TPSA) is 96.4 Å². The molecule has 0 bridgehead atoms. The molecule has 3 unspecified atom stereocenters. The number of aliphatic carboxylic acids is 1. The van der Waals surface area contributed by atoms with Gasteiger partial charge in [0.15, 0.2) is 0 Å². The van der Waals surface area contributed by atoms with Crippen molar-refractivity contribution < 1.29 is 29.3 Å². The van der Waals surface area contributed by atoms with Gasteiger partial charge in [-0.25, -0.2) is 0 Å². The summed E-state index contributed by atoms with van der Waals surface area (Å²) < 4.78 is 11.0. The molecule has 0 amide bonds. The molecule has 2 rings (SSSR count). The third-order valence-electron chi connectivity index (χ3n) is 4.84. The number of carboxylic acids is 1. The van der Waals surface area contributed by atoms with Crippen LogP contribution < -0.4 is 0 Å². The van der Waals surface area contributed by atoms with Gasteiger partial charge in [-0.05, 0) is 30.8 Å². The maximum absolute atomic E-state index is 11.9. The highest BCUT2D eigenvalue weighted by molar-refractivity contribution is 5.69. The van der Waals surface area contributed by atoms with Gasteiger partial charge in [0.2, 0.25) is 0 Å². The van der Waals surface area contributed by atoms with Crippen LogP contribution in [0.4, 0.5) is 0 Å². The molecule has 0 spiro atoms. The molecule has 6 heteroatoms. The number of carbonyl (C=O) groups is 2. The van der Waals surface area contributed by atoms with Gasteiger partial charge in [0.25, 0.3) is 0 Å². The predicted molar refractivity (Wildman–Crippen MR) is 96.5 cm³/mol. The van der Waals surface area contributed by atoms with Gasteiger partial charge in [0.05, 0.1) is 12.2 Å². The molecule has 1 heterocycles. The zero-order valence-corrected chi connectivity index (χ0v) is 16.1. The van der Waals surface area contributed by atoms with Gasteiger partial charge in [-0.3, -0.25) is 9.59 Å². The fraction of sp³-hybridized carbons (Fsp3) is 0.700. The normalized spacial score (nSPS) is 29.0. The van der Waals surface area contributed by atoms with E-state index in [4.69, 9.17) is 14.6 Å². The maximum atomic E-state index is 11.9. The van der Waals surface area contributed by atoms with Crippen molar-refractivity contribution in [3.63, 3.8) is 0 Å². The van der Waals surface area contributed by atoms with E-state index >= 15 is 0 Å². The minimum Gasteiger partial charge on any atom is -0.481 e. The average molecular weight is 366 g/mol. The first-order valence-electron chi connectivity index (χ1n) is 9.18. The zero-order chi connectivity index (χ0) is 19.5. The minimum atomic E-state index is -1.19. The Morgan fingerprint density at radius 3 is 2.46 bits per heavy atom. The number of carboxylic acid groups (broad SMARTS) is 1. The SMILES string of the molecule is CC1=CC=C(C2(COC(=O)CC(C)C)CO2)C(O)(CC(C)CC(=O)O)C1. The second-order valence-electron chi connectivity index (χ2n) is 8.25. The average Bonchev–Trinajstić information content (AvgIpc) is 3.23. The minimum absolute atomic E-state index is 0.00438. The molecule has 0 aromatic rings. The van der Waals surface area contributed by atoms with Gasteiger partial charge in [-0.15, -0.1) is 0 Å². The number of hydrogen-bond acceptors (Lipinski definition) is 5. The van der Waals surface area contributed by atoms with Gasteiger partial charge in [-0.2, -0.15) is 0 Å². The van der Waals surface area contributed by atoms with Crippen molar-refractivity contribution in [1.29, 1.82) is 0 Å². The van der Waals surface area contributed by atoms with Crippen LogP contribution >= 0.6 is 0 Å². The number of aliphatic hydroxyl groups is 1. The second-order valence-corrected chi connectivity index (χ2v) is 8.25. The van der Waals surface area contributed by atoms with E-state index in [-0.39, 0.29) is 30.8 Å². The van der Waals surface area contributed by atoms with Crippen LogP contribution in [0, 0.1) is 11.8 Å². The van der Waals surface area contributed by atoms with E-state index in [0.717, 1.165) is 5.57 Å². The molecule has 1 aliphatic carbocycles. The molecule has 26 heavy (non-hydrogen) atoms. The van der Waals surface area contributed by atoms with E-state index in [2.05, 4.69) is 0 Å². The first-order chi connectivity index (χ1) is 12.1. The first-order valence-corrected chi connectivity index (χ1v) is 9.18. The Hall–Kier alpha value is -1.66. The number of allylic oxidation sites excluding steroid dienone is 2. The summed E-state index contributed by atoms with van der Waals surface area (Å²) in [5, 5.41) is 20.4. The molecule has 3 atom stereocenters. The number of hydrogen-bond donors (Lipinski definition) is 2.